The first-order chi connectivity index (χ1) is 15.9. The first-order valence-electron chi connectivity index (χ1n) is 11.9. The number of nitrogens with one attached hydrogen (secondary N) is 3. The van der Waals surface area contributed by atoms with Crippen LogP contribution in [0.2, 0.25) is 0 Å². The molecule has 2 amide bonds. The summed E-state index contributed by atoms with van der Waals surface area (Å²) < 4.78 is 11.4. The van der Waals surface area contributed by atoms with E-state index >= 15 is 0 Å². The number of aromatic amines is 1. The molecule has 0 aliphatic heterocycles. The van der Waals surface area contributed by atoms with Crippen molar-refractivity contribution < 1.29 is 19.1 Å². The minimum Gasteiger partial charge on any atom is -0.471 e. The van der Waals surface area contributed by atoms with Crippen molar-refractivity contribution in [1.82, 2.24) is 15.6 Å². The predicted molar refractivity (Wildman–Crippen MR) is 127 cm³/mol. The first-order valence-corrected chi connectivity index (χ1v) is 11.9. The van der Waals surface area contributed by atoms with Crippen LogP contribution < -0.4 is 20.9 Å². The Morgan fingerprint density at radius 3 is 2.67 bits per heavy atom. The van der Waals surface area contributed by atoms with Crippen molar-refractivity contribution in [2.45, 2.75) is 77.5 Å². The van der Waals surface area contributed by atoms with Crippen molar-refractivity contribution in [2.75, 3.05) is 6.54 Å². The van der Waals surface area contributed by atoms with Gasteiger partial charge in [0.2, 0.25) is 5.56 Å². The topological polar surface area (TPSA) is 110 Å². The van der Waals surface area contributed by atoms with Crippen LogP contribution in [0.25, 0.3) is 10.9 Å². The maximum absolute atomic E-state index is 12.6. The molecule has 1 heterocycles. The maximum Gasteiger partial charge on any atom is 0.317 e. The summed E-state index contributed by atoms with van der Waals surface area (Å²) in [4.78, 5) is 38.1. The van der Waals surface area contributed by atoms with Crippen molar-refractivity contribution in [3.63, 3.8) is 0 Å². The number of fused-ring (bicyclic) bond motifs is 1. The molecule has 180 valence electrons. The molecule has 8 nitrogen and oxygen atoms in total. The van der Waals surface area contributed by atoms with Gasteiger partial charge < -0.3 is 25.1 Å². The van der Waals surface area contributed by atoms with E-state index in [2.05, 4.69) is 15.6 Å². The number of urea groups is 1. The zero-order valence-electron chi connectivity index (χ0n) is 19.5. The number of amides is 2. The minimum absolute atomic E-state index is 0.154. The van der Waals surface area contributed by atoms with E-state index in [1.807, 2.05) is 13.0 Å². The van der Waals surface area contributed by atoms with Crippen LogP contribution in [-0.4, -0.2) is 35.9 Å². The van der Waals surface area contributed by atoms with Crippen LogP contribution in [0, 0.1) is 5.92 Å². The Bertz CT molecular complexity index is 983. The average molecular weight is 458 g/mol. The van der Waals surface area contributed by atoms with Crippen LogP contribution in [0.4, 0.5) is 4.79 Å². The zero-order chi connectivity index (χ0) is 23.6. The molecule has 0 radical (unpaired) electrons. The van der Waals surface area contributed by atoms with Crippen LogP contribution in [0.5, 0.6) is 5.75 Å². The summed E-state index contributed by atoms with van der Waals surface area (Å²) in [5, 5.41) is 6.56. The van der Waals surface area contributed by atoms with Gasteiger partial charge in [0.1, 0.15) is 11.9 Å². The largest absolute Gasteiger partial charge is 0.471 e. The molecular formula is C25H35N3O5. The number of benzene rings is 1. The normalized spacial score (nSPS) is 16.1. The highest BCUT2D eigenvalue weighted by molar-refractivity contribution is 5.79. The van der Waals surface area contributed by atoms with E-state index < -0.39 is 6.23 Å². The summed E-state index contributed by atoms with van der Waals surface area (Å²) >= 11 is 0. The molecule has 0 bridgehead atoms. The predicted octanol–water partition coefficient (Wildman–Crippen LogP) is 4.23. The summed E-state index contributed by atoms with van der Waals surface area (Å²) in [7, 11) is 0. The zero-order valence-corrected chi connectivity index (χ0v) is 19.5. The lowest BCUT2D eigenvalue weighted by Crippen LogP contribution is -2.47. The average Bonchev–Trinajstić information content (AvgIpc) is 2.80. The molecule has 2 unspecified atom stereocenters. The number of aromatic nitrogens is 1. The van der Waals surface area contributed by atoms with Gasteiger partial charge >= 0.3 is 12.0 Å². The van der Waals surface area contributed by atoms with Gasteiger partial charge in [-0.1, -0.05) is 39.0 Å². The van der Waals surface area contributed by atoms with E-state index in [0.717, 1.165) is 17.3 Å². The fourth-order valence-corrected chi connectivity index (χ4v) is 4.30. The molecule has 3 N–H and O–H groups in total. The van der Waals surface area contributed by atoms with Gasteiger partial charge in [-0.05, 0) is 43.0 Å². The van der Waals surface area contributed by atoms with Gasteiger partial charge in [0, 0.05) is 30.3 Å². The van der Waals surface area contributed by atoms with E-state index in [0.29, 0.717) is 24.5 Å². The van der Waals surface area contributed by atoms with Gasteiger partial charge in [0.25, 0.3) is 0 Å². The lowest BCUT2D eigenvalue weighted by molar-refractivity contribution is -0.146. The van der Waals surface area contributed by atoms with Crippen molar-refractivity contribution >= 4 is 22.9 Å². The molecule has 3 rings (SSSR count). The van der Waals surface area contributed by atoms with E-state index in [9.17, 15) is 14.4 Å². The standard InChI is InChI=1S/C25H35N3O5/c1-3-20(32-17(2)29)16-26-25(31)28-24(14-9-18-7-5-4-6-8-18)33-21-11-12-22-19(15-21)10-13-23(30)27-22/h10-13,15,18,20,24H,3-9,14,16H2,1-2H3,(H,27,30)(H2,26,28,31). The highest BCUT2D eigenvalue weighted by atomic mass is 16.5. The number of ether oxygens (including phenoxy) is 2. The lowest BCUT2D eigenvalue weighted by atomic mass is 9.86. The molecule has 1 saturated carbocycles. The molecule has 1 aliphatic rings. The molecule has 0 saturated heterocycles. The second-order valence-electron chi connectivity index (χ2n) is 8.75. The molecule has 2 atom stereocenters. The number of hydrogen-bond acceptors (Lipinski definition) is 5. The van der Waals surface area contributed by atoms with E-state index in [1.54, 1.807) is 18.2 Å². The molecular weight excluding hydrogens is 422 g/mol. The van der Waals surface area contributed by atoms with Crippen LogP contribution in [-0.2, 0) is 9.53 Å². The number of carbonyl (C=O) groups is 2. The Morgan fingerprint density at radius 1 is 1.15 bits per heavy atom. The number of esters is 1. The third-order valence-electron chi connectivity index (χ3n) is 6.11. The van der Waals surface area contributed by atoms with Crippen molar-refractivity contribution in [1.29, 1.82) is 0 Å². The molecule has 2 aromatic rings. The molecule has 0 spiro atoms. The van der Waals surface area contributed by atoms with Gasteiger partial charge in [0.15, 0.2) is 6.23 Å². The van der Waals surface area contributed by atoms with Crippen LogP contribution in [0.1, 0.15) is 65.2 Å². The summed E-state index contributed by atoms with van der Waals surface area (Å²) in [6.07, 6.45) is 7.71. The second kappa shape index (κ2) is 12.3. The summed E-state index contributed by atoms with van der Waals surface area (Å²) in [6, 6.07) is 8.31. The van der Waals surface area contributed by atoms with Gasteiger partial charge in [-0.3, -0.25) is 9.59 Å². The second-order valence-corrected chi connectivity index (χ2v) is 8.75. The van der Waals surface area contributed by atoms with Gasteiger partial charge in [-0.25, -0.2) is 4.79 Å². The van der Waals surface area contributed by atoms with Crippen LogP contribution in [0.15, 0.2) is 35.1 Å². The summed E-state index contributed by atoms with van der Waals surface area (Å²) in [5.74, 6) is 0.912. The molecule has 33 heavy (non-hydrogen) atoms. The van der Waals surface area contributed by atoms with Crippen molar-refractivity contribution in [2.24, 2.45) is 5.92 Å². The van der Waals surface area contributed by atoms with Crippen LogP contribution >= 0.6 is 0 Å². The van der Waals surface area contributed by atoms with Gasteiger partial charge in [-0.15, -0.1) is 0 Å². The van der Waals surface area contributed by atoms with Crippen molar-refractivity contribution in [3.05, 3.63) is 40.7 Å². The Kier molecular flexibility index (Phi) is 9.15. The Balaban J connectivity index is 1.63. The minimum atomic E-state index is -0.499. The number of hydrogen-bond donors (Lipinski definition) is 3. The van der Waals surface area contributed by atoms with Crippen LogP contribution in [0.3, 0.4) is 0 Å². The van der Waals surface area contributed by atoms with Gasteiger partial charge in [0.05, 0.1) is 6.54 Å². The Labute approximate surface area is 194 Å². The summed E-state index contributed by atoms with van der Waals surface area (Å²) in [5.41, 5.74) is 0.578. The highest BCUT2D eigenvalue weighted by Gasteiger charge is 2.20. The van der Waals surface area contributed by atoms with Crippen molar-refractivity contribution in [3.8, 4) is 5.75 Å². The molecule has 1 aliphatic carbocycles. The fourth-order valence-electron chi connectivity index (χ4n) is 4.30. The first kappa shape index (κ1) is 24.6. The fraction of sp³-hybridized carbons (Fsp3) is 0.560. The molecule has 8 heteroatoms. The SMILES string of the molecule is CCC(CNC(=O)NC(CCC1CCCCC1)Oc1ccc2[nH]c(=O)ccc2c1)OC(C)=O. The van der Waals surface area contributed by atoms with Gasteiger partial charge in [-0.2, -0.15) is 0 Å². The smallest absolute Gasteiger partial charge is 0.317 e. The van der Waals surface area contributed by atoms with E-state index in [4.69, 9.17) is 9.47 Å². The Hall–Kier alpha value is -3.03. The number of H-pyrrole nitrogens is 1. The number of carbonyl (C=O) groups excluding carboxylic acids is 2. The Morgan fingerprint density at radius 2 is 1.94 bits per heavy atom. The highest BCUT2D eigenvalue weighted by Crippen LogP contribution is 2.28. The quantitative estimate of drug-likeness (QED) is 0.365. The molecule has 1 fully saturated rings. The lowest BCUT2D eigenvalue weighted by Gasteiger charge is -2.26. The van der Waals surface area contributed by atoms with E-state index in [1.165, 1.54) is 45.1 Å². The molecule has 1 aromatic heterocycles. The third kappa shape index (κ3) is 8.11. The summed E-state index contributed by atoms with van der Waals surface area (Å²) in [6.45, 7) is 3.49. The monoisotopic (exact) mass is 457 g/mol. The number of rotatable bonds is 10. The molecule has 1 aromatic carbocycles. The maximum atomic E-state index is 12.6. The number of pyridine rings is 1. The van der Waals surface area contributed by atoms with E-state index in [-0.39, 0.29) is 30.2 Å². The third-order valence-corrected chi connectivity index (χ3v) is 6.11.